The van der Waals surface area contributed by atoms with E-state index in [-0.39, 0.29) is 23.8 Å². The number of para-hydroxylation sites is 1. The summed E-state index contributed by atoms with van der Waals surface area (Å²) in [5.74, 6) is -0.136. The van der Waals surface area contributed by atoms with Crippen LogP contribution in [-0.2, 0) is 20.7 Å². The van der Waals surface area contributed by atoms with Crippen LogP contribution in [0.15, 0.2) is 42.6 Å². The molecule has 3 heterocycles. The highest BCUT2D eigenvalue weighted by Gasteiger charge is 2.54. The van der Waals surface area contributed by atoms with E-state index in [2.05, 4.69) is 27.0 Å². The van der Waals surface area contributed by atoms with Gasteiger partial charge in [0.15, 0.2) is 0 Å². The van der Waals surface area contributed by atoms with Gasteiger partial charge in [-0.3, -0.25) is 9.59 Å². The number of H-pyrrole nitrogens is 1. The number of fused-ring (bicyclic) bond motifs is 3. The number of carbonyl (C=O) groups is 2. The summed E-state index contributed by atoms with van der Waals surface area (Å²) in [6, 6.07) is 7.63. The number of hydrogen-bond donors (Lipinski definition) is 1. The standard InChI is InChI=1S/C19H19BrN2O3/c1-25-18(24)19(20)9-12-6-7-16(19)22(11-12)17(23)8-13-10-21-15-5-3-2-4-14(13)15/h2-7,10,12,16,21H,8-9,11H2,1H3. The number of nitrogens with zero attached hydrogens (tertiary/aromatic N) is 1. The lowest BCUT2D eigenvalue weighted by molar-refractivity contribution is -0.149. The number of ether oxygens (including phenoxy) is 1. The second-order valence-electron chi connectivity index (χ2n) is 6.73. The quantitative estimate of drug-likeness (QED) is 0.487. The molecule has 0 saturated carbocycles. The molecule has 5 nitrogen and oxygen atoms in total. The Hall–Kier alpha value is -2.08. The smallest absolute Gasteiger partial charge is 0.325 e. The summed E-state index contributed by atoms with van der Waals surface area (Å²) in [5.41, 5.74) is 2.00. The van der Waals surface area contributed by atoms with Gasteiger partial charge in [-0.15, -0.1) is 0 Å². The average Bonchev–Trinajstić information content (AvgIpc) is 3.04. The molecule has 130 valence electrons. The fourth-order valence-corrected chi connectivity index (χ4v) is 4.98. The van der Waals surface area contributed by atoms with Crippen LogP contribution in [0, 0.1) is 5.92 Å². The van der Waals surface area contributed by atoms with Crippen molar-refractivity contribution in [3.05, 3.63) is 48.2 Å². The number of aromatic nitrogens is 1. The molecule has 3 unspecified atom stereocenters. The van der Waals surface area contributed by atoms with Gasteiger partial charge in [0, 0.05) is 23.6 Å². The lowest BCUT2D eigenvalue weighted by Crippen LogP contribution is -2.63. The third kappa shape index (κ3) is 2.59. The Labute approximate surface area is 154 Å². The van der Waals surface area contributed by atoms with Crippen molar-refractivity contribution >= 4 is 38.7 Å². The van der Waals surface area contributed by atoms with Crippen LogP contribution in [-0.4, -0.2) is 45.8 Å². The third-order valence-electron chi connectivity index (χ3n) is 5.22. The van der Waals surface area contributed by atoms with Crippen LogP contribution < -0.4 is 0 Å². The Morgan fingerprint density at radius 3 is 2.92 bits per heavy atom. The summed E-state index contributed by atoms with van der Waals surface area (Å²) in [6.07, 6.45) is 6.91. The molecule has 6 heteroatoms. The van der Waals surface area contributed by atoms with Crippen molar-refractivity contribution < 1.29 is 14.3 Å². The Kier molecular flexibility index (Phi) is 3.95. The fraction of sp³-hybridized carbons (Fsp3) is 0.368. The maximum atomic E-state index is 13.0. The zero-order valence-corrected chi connectivity index (χ0v) is 15.5. The van der Waals surface area contributed by atoms with E-state index in [1.807, 2.05) is 41.4 Å². The normalized spacial score (nSPS) is 27.7. The number of nitrogens with one attached hydrogen (secondary N) is 1. The molecular weight excluding hydrogens is 384 g/mol. The number of amides is 1. The SMILES string of the molecule is COC(=O)C1(Br)CC2C=CC1N(C(=O)Cc1c[nH]c3ccccc13)C2. The first kappa shape index (κ1) is 16.4. The van der Waals surface area contributed by atoms with E-state index >= 15 is 0 Å². The third-order valence-corrected chi connectivity index (χ3v) is 6.34. The molecule has 1 aliphatic carbocycles. The molecule has 1 fully saturated rings. The summed E-state index contributed by atoms with van der Waals surface area (Å²) >= 11 is 3.58. The number of esters is 1. The van der Waals surface area contributed by atoms with Crippen molar-refractivity contribution in [2.45, 2.75) is 23.2 Å². The number of benzene rings is 1. The molecule has 1 N–H and O–H groups in total. The summed E-state index contributed by atoms with van der Waals surface area (Å²) in [6.45, 7) is 0.646. The van der Waals surface area contributed by atoms with Gasteiger partial charge in [-0.1, -0.05) is 46.3 Å². The molecule has 1 saturated heterocycles. The number of rotatable bonds is 3. The van der Waals surface area contributed by atoms with Crippen molar-refractivity contribution in [3.63, 3.8) is 0 Å². The molecule has 2 aliphatic heterocycles. The van der Waals surface area contributed by atoms with E-state index in [9.17, 15) is 9.59 Å². The first-order valence-corrected chi connectivity index (χ1v) is 9.12. The van der Waals surface area contributed by atoms with Crippen molar-refractivity contribution in [1.82, 2.24) is 9.88 Å². The second kappa shape index (κ2) is 6.02. The van der Waals surface area contributed by atoms with E-state index in [1.165, 1.54) is 7.11 Å². The molecule has 0 radical (unpaired) electrons. The maximum absolute atomic E-state index is 13.0. The van der Waals surface area contributed by atoms with Crippen molar-refractivity contribution in [3.8, 4) is 0 Å². The van der Waals surface area contributed by atoms with E-state index in [1.54, 1.807) is 0 Å². The molecule has 3 aliphatic rings. The molecule has 2 aromatic rings. The monoisotopic (exact) mass is 402 g/mol. The molecule has 0 spiro atoms. The summed E-state index contributed by atoms with van der Waals surface area (Å²) < 4.78 is 4.12. The van der Waals surface area contributed by atoms with E-state index in [4.69, 9.17) is 4.74 Å². The summed E-state index contributed by atoms with van der Waals surface area (Å²) in [7, 11) is 1.38. The molecule has 1 aromatic carbocycles. The molecule has 1 aromatic heterocycles. The Morgan fingerprint density at radius 1 is 1.36 bits per heavy atom. The number of alkyl halides is 1. The van der Waals surface area contributed by atoms with Crippen LogP contribution in [0.1, 0.15) is 12.0 Å². The van der Waals surface area contributed by atoms with Gasteiger partial charge in [0.05, 0.1) is 19.6 Å². The summed E-state index contributed by atoms with van der Waals surface area (Å²) in [5, 5.41) is 1.06. The zero-order chi connectivity index (χ0) is 17.6. The maximum Gasteiger partial charge on any atom is 0.325 e. The first-order chi connectivity index (χ1) is 12.0. The lowest BCUT2D eigenvalue weighted by atomic mass is 9.77. The predicted octanol–water partition coefficient (Wildman–Crippen LogP) is 2.80. The van der Waals surface area contributed by atoms with Gasteiger partial charge in [-0.2, -0.15) is 0 Å². The van der Waals surface area contributed by atoms with Crippen LogP contribution in [0.3, 0.4) is 0 Å². The largest absolute Gasteiger partial charge is 0.468 e. The Bertz CT molecular complexity index is 874. The van der Waals surface area contributed by atoms with Crippen LogP contribution >= 0.6 is 15.9 Å². The second-order valence-corrected chi connectivity index (χ2v) is 8.15. The van der Waals surface area contributed by atoms with Gasteiger partial charge in [-0.05, 0) is 24.0 Å². The topological polar surface area (TPSA) is 62.4 Å². The van der Waals surface area contributed by atoms with Gasteiger partial charge in [0.2, 0.25) is 5.91 Å². The minimum Gasteiger partial charge on any atom is -0.468 e. The molecule has 3 atom stereocenters. The van der Waals surface area contributed by atoms with Crippen LogP contribution in [0.25, 0.3) is 10.9 Å². The van der Waals surface area contributed by atoms with Crippen molar-refractivity contribution in [1.29, 1.82) is 0 Å². The van der Waals surface area contributed by atoms with Gasteiger partial charge >= 0.3 is 5.97 Å². The minimum atomic E-state index is -0.852. The average molecular weight is 403 g/mol. The van der Waals surface area contributed by atoms with Gasteiger partial charge in [-0.25, -0.2) is 0 Å². The molecule has 25 heavy (non-hydrogen) atoms. The van der Waals surface area contributed by atoms with Gasteiger partial charge < -0.3 is 14.6 Å². The van der Waals surface area contributed by atoms with Gasteiger partial charge in [0.25, 0.3) is 0 Å². The fourth-order valence-electron chi connectivity index (χ4n) is 4.00. The predicted molar refractivity (Wildman–Crippen MR) is 98.4 cm³/mol. The van der Waals surface area contributed by atoms with Crippen molar-refractivity contribution in [2.24, 2.45) is 5.92 Å². The van der Waals surface area contributed by atoms with Gasteiger partial charge in [0.1, 0.15) is 4.32 Å². The van der Waals surface area contributed by atoms with Crippen LogP contribution in [0.5, 0.6) is 0 Å². The number of methoxy groups -OCH3 is 1. The highest BCUT2D eigenvalue weighted by molar-refractivity contribution is 9.10. The number of carbonyl (C=O) groups excluding carboxylic acids is 2. The molecule has 1 amide bonds. The number of hydrogen-bond acceptors (Lipinski definition) is 3. The van der Waals surface area contributed by atoms with Crippen molar-refractivity contribution in [2.75, 3.05) is 13.7 Å². The minimum absolute atomic E-state index is 0.0246. The van der Waals surface area contributed by atoms with Crippen LogP contribution in [0.2, 0.25) is 0 Å². The number of piperidine rings is 1. The highest BCUT2D eigenvalue weighted by Crippen LogP contribution is 2.44. The van der Waals surface area contributed by atoms with E-state index < -0.39 is 4.32 Å². The zero-order valence-electron chi connectivity index (χ0n) is 13.9. The molecular formula is C19H19BrN2O3. The van der Waals surface area contributed by atoms with E-state index in [0.717, 1.165) is 16.5 Å². The lowest BCUT2D eigenvalue weighted by Gasteiger charge is -2.49. The van der Waals surface area contributed by atoms with E-state index in [0.29, 0.717) is 19.4 Å². The number of halogens is 1. The van der Waals surface area contributed by atoms with Crippen LogP contribution in [0.4, 0.5) is 0 Å². The number of aromatic amines is 1. The molecule has 2 bridgehead atoms. The molecule has 5 rings (SSSR count). The first-order valence-electron chi connectivity index (χ1n) is 8.33. The highest BCUT2D eigenvalue weighted by atomic mass is 79.9. The Morgan fingerprint density at radius 2 is 2.16 bits per heavy atom. The summed E-state index contributed by atoms with van der Waals surface area (Å²) in [4.78, 5) is 30.3. The Balaban J connectivity index is 1.60.